The Bertz CT molecular complexity index is 634. The van der Waals surface area contributed by atoms with Crippen molar-refractivity contribution in [3.8, 4) is 0 Å². The Balaban J connectivity index is 1.36. The zero-order valence-corrected chi connectivity index (χ0v) is 16.8. The van der Waals surface area contributed by atoms with Gasteiger partial charge in [0.1, 0.15) is 0 Å². The van der Waals surface area contributed by atoms with Gasteiger partial charge in [0.2, 0.25) is 0 Å². The van der Waals surface area contributed by atoms with Crippen molar-refractivity contribution in [2.45, 2.75) is 43.6 Å². The summed E-state index contributed by atoms with van der Waals surface area (Å²) < 4.78 is 1.24. The Labute approximate surface area is 159 Å². The molecule has 1 unspecified atom stereocenters. The topological polar surface area (TPSA) is 30.9 Å². The summed E-state index contributed by atoms with van der Waals surface area (Å²) in [4.78, 5) is 9.71. The van der Waals surface area contributed by atoms with Crippen molar-refractivity contribution >= 4 is 21.9 Å². The van der Waals surface area contributed by atoms with Crippen LogP contribution in [0.4, 0.5) is 0 Å². The molecule has 4 rings (SSSR count). The quantitative estimate of drug-likeness (QED) is 0.617. The zero-order chi connectivity index (χ0) is 17.3. The molecule has 1 aromatic carbocycles. The number of likely N-dealkylation sites (tertiary alicyclic amines) is 2. The van der Waals surface area contributed by atoms with E-state index in [1.807, 2.05) is 7.05 Å². The molecule has 1 N–H and O–H groups in total. The van der Waals surface area contributed by atoms with E-state index in [9.17, 15) is 0 Å². The number of hydrogen-bond acceptors (Lipinski definition) is 2. The molecule has 5 heteroatoms. The average molecular weight is 405 g/mol. The van der Waals surface area contributed by atoms with Crippen LogP contribution >= 0.6 is 15.9 Å². The highest BCUT2D eigenvalue weighted by atomic mass is 79.9. The van der Waals surface area contributed by atoms with Crippen molar-refractivity contribution in [2.75, 3.05) is 39.8 Å². The van der Waals surface area contributed by atoms with Crippen LogP contribution in [0, 0.1) is 0 Å². The third-order valence-electron chi connectivity index (χ3n) is 6.22. The van der Waals surface area contributed by atoms with Gasteiger partial charge in [-0.05, 0) is 56.8 Å². The molecule has 0 aromatic heterocycles. The van der Waals surface area contributed by atoms with Gasteiger partial charge in [-0.1, -0.05) is 34.1 Å². The molecule has 1 atom stereocenters. The van der Waals surface area contributed by atoms with E-state index in [0.29, 0.717) is 0 Å². The van der Waals surface area contributed by atoms with Crippen LogP contribution in [0.25, 0.3) is 0 Å². The second-order valence-electron chi connectivity index (χ2n) is 7.79. The Kier molecular flexibility index (Phi) is 5.05. The maximum atomic E-state index is 4.58. The van der Waals surface area contributed by atoms with Crippen molar-refractivity contribution in [3.63, 3.8) is 0 Å². The highest BCUT2D eigenvalue weighted by molar-refractivity contribution is 9.10. The first-order valence-corrected chi connectivity index (χ1v) is 10.5. The van der Waals surface area contributed by atoms with E-state index in [-0.39, 0.29) is 5.41 Å². The van der Waals surface area contributed by atoms with Crippen LogP contribution in [0.2, 0.25) is 0 Å². The van der Waals surface area contributed by atoms with Gasteiger partial charge < -0.3 is 10.2 Å². The zero-order valence-electron chi connectivity index (χ0n) is 15.2. The third-order valence-corrected chi connectivity index (χ3v) is 6.91. The maximum absolute atomic E-state index is 4.58. The van der Waals surface area contributed by atoms with E-state index in [4.69, 9.17) is 0 Å². The van der Waals surface area contributed by atoms with E-state index < -0.39 is 0 Å². The van der Waals surface area contributed by atoms with Gasteiger partial charge in [-0.25, -0.2) is 0 Å². The minimum atomic E-state index is 0.282. The second kappa shape index (κ2) is 7.28. The molecule has 3 aliphatic rings. The first-order chi connectivity index (χ1) is 12.2. The average Bonchev–Trinajstić information content (AvgIpc) is 3.03. The monoisotopic (exact) mass is 404 g/mol. The molecular formula is C20H29BrN4. The fraction of sp³-hybridized carbons (Fsp3) is 0.650. The van der Waals surface area contributed by atoms with Crippen molar-refractivity contribution < 1.29 is 0 Å². The van der Waals surface area contributed by atoms with Gasteiger partial charge in [0.25, 0.3) is 0 Å². The standard InChI is InChI=1S/C20H29BrN4/c1-22-19(25-13-8-16(14-25)24-11-4-5-12-24)23-15-20(9-10-20)17-6-2-3-7-18(17)21/h2-3,6-7,16H,4-5,8-15H2,1H3,(H,22,23). The highest BCUT2D eigenvalue weighted by Gasteiger charge is 2.45. The van der Waals surface area contributed by atoms with Crippen molar-refractivity contribution in [2.24, 2.45) is 4.99 Å². The number of halogens is 1. The second-order valence-corrected chi connectivity index (χ2v) is 8.65. The van der Waals surface area contributed by atoms with Crippen molar-refractivity contribution in [1.82, 2.24) is 15.1 Å². The molecule has 3 fully saturated rings. The van der Waals surface area contributed by atoms with Gasteiger partial charge in [0, 0.05) is 42.6 Å². The molecule has 1 saturated carbocycles. The fourth-order valence-corrected chi connectivity index (χ4v) is 5.21. The largest absolute Gasteiger partial charge is 0.355 e. The molecule has 0 radical (unpaired) electrons. The molecule has 0 amide bonds. The number of rotatable bonds is 4. The van der Waals surface area contributed by atoms with Crippen LogP contribution in [0.15, 0.2) is 33.7 Å². The molecular weight excluding hydrogens is 376 g/mol. The summed E-state index contributed by atoms with van der Waals surface area (Å²) in [6, 6.07) is 9.39. The van der Waals surface area contributed by atoms with Gasteiger partial charge in [-0.2, -0.15) is 0 Å². The van der Waals surface area contributed by atoms with E-state index in [2.05, 4.69) is 60.3 Å². The van der Waals surface area contributed by atoms with Gasteiger partial charge in [-0.3, -0.25) is 9.89 Å². The molecule has 0 spiro atoms. The molecule has 2 saturated heterocycles. The lowest BCUT2D eigenvalue weighted by Crippen LogP contribution is -2.45. The predicted molar refractivity (Wildman–Crippen MR) is 107 cm³/mol. The molecule has 1 aromatic rings. The van der Waals surface area contributed by atoms with Gasteiger partial charge in [-0.15, -0.1) is 0 Å². The van der Waals surface area contributed by atoms with Gasteiger partial charge >= 0.3 is 0 Å². The summed E-state index contributed by atoms with van der Waals surface area (Å²) in [5.41, 5.74) is 1.72. The third kappa shape index (κ3) is 3.59. The summed E-state index contributed by atoms with van der Waals surface area (Å²) in [6.45, 7) is 5.81. The number of hydrogen-bond donors (Lipinski definition) is 1. The fourth-order valence-electron chi connectivity index (χ4n) is 4.50. The van der Waals surface area contributed by atoms with Crippen LogP contribution in [0.1, 0.15) is 37.7 Å². The van der Waals surface area contributed by atoms with Crippen LogP contribution in [-0.4, -0.2) is 61.6 Å². The predicted octanol–water partition coefficient (Wildman–Crippen LogP) is 3.23. The first kappa shape index (κ1) is 17.3. The number of nitrogens with zero attached hydrogens (tertiary/aromatic N) is 3. The number of aliphatic imine (C=N–C) groups is 1. The lowest BCUT2D eigenvalue weighted by molar-refractivity contribution is 0.249. The van der Waals surface area contributed by atoms with Crippen molar-refractivity contribution in [1.29, 1.82) is 0 Å². The molecule has 1 aliphatic carbocycles. The van der Waals surface area contributed by atoms with Crippen LogP contribution in [-0.2, 0) is 5.41 Å². The number of guanidine groups is 1. The molecule has 2 heterocycles. The summed E-state index contributed by atoms with van der Waals surface area (Å²) in [7, 11) is 1.92. The Morgan fingerprint density at radius 2 is 2.00 bits per heavy atom. The molecule has 4 nitrogen and oxygen atoms in total. The Morgan fingerprint density at radius 3 is 2.68 bits per heavy atom. The van der Waals surface area contributed by atoms with E-state index in [1.54, 1.807) is 0 Å². The minimum absolute atomic E-state index is 0.282. The molecule has 25 heavy (non-hydrogen) atoms. The van der Waals surface area contributed by atoms with Crippen LogP contribution < -0.4 is 5.32 Å². The van der Waals surface area contributed by atoms with Crippen molar-refractivity contribution in [3.05, 3.63) is 34.3 Å². The summed E-state index contributed by atoms with van der Waals surface area (Å²) in [6.07, 6.45) is 6.54. The van der Waals surface area contributed by atoms with Crippen LogP contribution in [0.3, 0.4) is 0 Å². The first-order valence-electron chi connectivity index (χ1n) is 9.66. The summed E-state index contributed by atoms with van der Waals surface area (Å²) in [5, 5.41) is 3.69. The number of nitrogens with one attached hydrogen (secondary N) is 1. The van der Waals surface area contributed by atoms with E-state index in [1.165, 1.54) is 55.2 Å². The summed E-state index contributed by atoms with van der Waals surface area (Å²) >= 11 is 3.73. The summed E-state index contributed by atoms with van der Waals surface area (Å²) in [5.74, 6) is 1.08. The Hall–Kier alpha value is -1.07. The number of benzene rings is 1. The lowest BCUT2D eigenvalue weighted by atomic mass is 9.96. The maximum Gasteiger partial charge on any atom is 0.193 e. The SMILES string of the molecule is CN=C(NCC1(c2ccccc2Br)CC1)N1CCC(N2CCCC2)C1. The van der Waals surface area contributed by atoms with E-state index >= 15 is 0 Å². The normalized spacial score (nSPS) is 26.2. The Morgan fingerprint density at radius 1 is 1.24 bits per heavy atom. The lowest BCUT2D eigenvalue weighted by Gasteiger charge is -2.27. The molecule has 136 valence electrons. The van der Waals surface area contributed by atoms with Gasteiger partial charge in [0.15, 0.2) is 5.96 Å². The van der Waals surface area contributed by atoms with Crippen LogP contribution in [0.5, 0.6) is 0 Å². The minimum Gasteiger partial charge on any atom is -0.355 e. The smallest absolute Gasteiger partial charge is 0.193 e. The van der Waals surface area contributed by atoms with E-state index in [0.717, 1.165) is 31.6 Å². The highest BCUT2D eigenvalue weighted by Crippen LogP contribution is 2.49. The molecule has 2 aliphatic heterocycles. The van der Waals surface area contributed by atoms with Gasteiger partial charge in [0.05, 0.1) is 0 Å². The molecule has 0 bridgehead atoms.